The van der Waals surface area contributed by atoms with Crippen LogP contribution >= 0.6 is 0 Å². The van der Waals surface area contributed by atoms with Gasteiger partial charge in [0.15, 0.2) is 0 Å². The van der Waals surface area contributed by atoms with E-state index in [-0.39, 0.29) is 12.6 Å². The molecule has 0 spiro atoms. The van der Waals surface area contributed by atoms with Gasteiger partial charge in [0, 0.05) is 11.7 Å². The number of carbonyl (C=O) groups is 1. The van der Waals surface area contributed by atoms with E-state index in [2.05, 4.69) is 13.8 Å². The second-order valence-corrected chi connectivity index (χ2v) is 5.20. The van der Waals surface area contributed by atoms with Gasteiger partial charge in [-0.2, -0.15) is 0 Å². The highest BCUT2D eigenvalue weighted by molar-refractivity contribution is 5.74. The van der Waals surface area contributed by atoms with Crippen molar-refractivity contribution in [1.82, 2.24) is 0 Å². The van der Waals surface area contributed by atoms with E-state index in [1.165, 1.54) is 18.4 Å². The van der Waals surface area contributed by atoms with Gasteiger partial charge in [-0.05, 0) is 32.4 Å². The first-order chi connectivity index (χ1) is 9.04. The number of benzene rings is 1. The highest BCUT2D eigenvalue weighted by atomic mass is 16.4. The molecule has 0 fully saturated rings. The highest BCUT2D eigenvalue weighted by Gasteiger charge is 2.17. The van der Waals surface area contributed by atoms with Crippen LogP contribution in [0.4, 0.5) is 5.69 Å². The summed E-state index contributed by atoms with van der Waals surface area (Å²) in [5.74, 6) is -0.775. The number of hydrogen-bond acceptors (Lipinski definition) is 2. The summed E-state index contributed by atoms with van der Waals surface area (Å²) in [5.41, 5.74) is 2.19. The molecule has 19 heavy (non-hydrogen) atoms. The molecule has 1 N–H and O–H groups in total. The van der Waals surface area contributed by atoms with Crippen molar-refractivity contribution in [2.24, 2.45) is 0 Å². The molecule has 3 nitrogen and oxygen atoms in total. The molecule has 106 valence electrons. The Kier molecular flexibility index (Phi) is 6.40. The minimum absolute atomic E-state index is 0.0658. The monoisotopic (exact) mass is 263 g/mol. The van der Waals surface area contributed by atoms with Gasteiger partial charge in [-0.1, -0.05) is 43.9 Å². The number of aryl methyl sites for hydroxylation is 1. The molecule has 0 aliphatic heterocycles. The minimum Gasteiger partial charge on any atom is -0.480 e. The Hall–Kier alpha value is -1.51. The van der Waals surface area contributed by atoms with Crippen LogP contribution in [0.2, 0.25) is 0 Å². The molecule has 1 atom stereocenters. The number of carboxylic acid groups (broad SMARTS) is 1. The van der Waals surface area contributed by atoms with Crippen molar-refractivity contribution in [3.63, 3.8) is 0 Å². The third-order valence-corrected chi connectivity index (χ3v) is 3.43. The molecule has 0 aromatic heterocycles. The maximum atomic E-state index is 11.0. The Bertz CT molecular complexity index is 386. The third kappa shape index (κ3) is 5.33. The van der Waals surface area contributed by atoms with E-state index in [9.17, 15) is 4.79 Å². The average molecular weight is 263 g/mol. The Morgan fingerprint density at radius 2 is 1.89 bits per heavy atom. The molecule has 1 rings (SSSR count). The lowest BCUT2D eigenvalue weighted by Gasteiger charge is -2.30. The second-order valence-electron chi connectivity index (χ2n) is 5.20. The largest absolute Gasteiger partial charge is 0.480 e. The van der Waals surface area contributed by atoms with E-state index in [1.54, 1.807) is 0 Å². The van der Waals surface area contributed by atoms with Crippen LogP contribution in [0.15, 0.2) is 24.3 Å². The smallest absolute Gasteiger partial charge is 0.323 e. The fraction of sp³-hybridized carbons (Fsp3) is 0.562. The summed E-state index contributed by atoms with van der Waals surface area (Å²) in [6, 6.07) is 8.33. The lowest BCUT2D eigenvalue weighted by Crippen LogP contribution is -2.37. The van der Waals surface area contributed by atoms with Gasteiger partial charge >= 0.3 is 5.97 Å². The average Bonchev–Trinajstić information content (AvgIpc) is 2.37. The zero-order valence-electron chi connectivity index (χ0n) is 12.2. The van der Waals surface area contributed by atoms with Gasteiger partial charge in [-0.25, -0.2) is 0 Å². The van der Waals surface area contributed by atoms with Gasteiger partial charge < -0.3 is 10.0 Å². The molecule has 1 aromatic rings. The van der Waals surface area contributed by atoms with Gasteiger partial charge in [0.25, 0.3) is 0 Å². The fourth-order valence-electron chi connectivity index (χ4n) is 2.23. The molecule has 0 saturated heterocycles. The van der Waals surface area contributed by atoms with Gasteiger partial charge in [0.05, 0.1) is 0 Å². The number of rotatable bonds is 8. The standard InChI is InChI=1S/C16H25NO2/c1-4-5-6-7-14(3)17(12-16(18)19)15-10-8-13(2)9-11-15/h8-11,14H,4-7,12H2,1-3H3,(H,18,19). The maximum Gasteiger partial charge on any atom is 0.323 e. The van der Waals surface area contributed by atoms with E-state index < -0.39 is 5.97 Å². The van der Waals surface area contributed by atoms with E-state index in [4.69, 9.17) is 5.11 Å². The quantitative estimate of drug-likeness (QED) is 0.724. The zero-order valence-corrected chi connectivity index (χ0v) is 12.2. The van der Waals surface area contributed by atoms with Crippen LogP contribution in [0.25, 0.3) is 0 Å². The molecular formula is C16H25NO2. The van der Waals surface area contributed by atoms with Crippen molar-refractivity contribution in [2.45, 2.75) is 52.5 Å². The highest BCUT2D eigenvalue weighted by Crippen LogP contribution is 2.20. The van der Waals surface area contributed by atoms with Crippen molar-refractivity contribution in [1.29, 1.82) is 0 Å². The molecule has 0 radical (unpaired) electrons. The molecule has 1 unspecified atom stereocenters. The molecule has 0 aliphatic rings. The van der Waals surface area contributed by atoms with Crippen LogP contribution in [-0.4, -0.2) is 23.7 Å². The van der Waals surface area contributed by atoms with Crippen molar-refractivity contribution < 1.29 is 9.90 Å². The van der Waals surface area contributed by atoms with Gasteiger partial charge in [-0.15, -0.1) is 0 Å². The predicted octanol–water partition coefficient (Wildman–Crippen LogP) is 3.85. The first-order valence-electron chi connectivity index (χ1n) is 7.09. The van der Waals surface area contributed by atoms with Crippen LogP contribution < -0.4 is 4.90 Å². The molecule has 0 bridgehead atoms. The summed E-state index contributed by atoms with van der Waals surface area (Å²) in [7, 11) is 0. The van der Waals surface area contributed by atoms with Gasteiger partial charge in [0.1, 0.15) is 6.54 Å². The van der Waals surface area contributed by atoms with Crippen molar-refractivity contribution >= 4 is 11.7 Å². The van der Waals surface area contributed by atoms with Crippen LogP contribution in [0.5, 0.6) is 0 Å². The van der Waals surface area contributed by atoms with E-state index in [0.717, 1.165) is 18.5 Å². The summed E-state index contributed by atoms with van der Waals surface area (Å²) in [6.07, 6.45) is 4.59. The Balaban J connectivity index is 2.75. The topological polar surface area (TPSA) is 40.5 Å². The Labute approximate surface area is 116 Å². The van der Waals surface area contributed by atoms with E-state index in [0.29, 0.717) is 0 Å². The maximum absolute atomic E-state index is 11.0. The van der Waals surface area contributed by atoms with Crippen LogP contribution in [-0.2, 0) is 4.79 Å². The predicted molar refractivity (Wildman–Crippen MR) is 79.8 cm³/mol. The summed E-state index contributed by atoms with van der Waals surface area (Å²) in [5, 5.41) is 9.08. The first kappa shape index (κ1) is 15.5. The Morgan fingerprint density at radius 1 is 1.26 bits per heavy atom. The molecule has 0 saturated carbocycles. The number of carboxylic acids is 1. The van der Waals surface area contributed by atoms with E-state index in [1.807, 2.05) is 36.1 Å². The molecule has 1 aromatic carbocycles. The lowest BCUT2D eigenvalue weighted by atomic mass is 10.1. The fourth-order valence-corrected chi connectivity index (χ4v) is 2.23. The second kappa shape index (κ2) is 7.82. The first-order valence-corrected chi connectivity index (χ1v) is 7.09. The number of aliphatic carboxylic acids is 1. The van der Waals surface area contributed by atoms with Crippen molar-refractivity contribution in [2.75, 3.05) is 11.4 Å². The van der Waals surface area contributed by atoms with Crippen LogP contribution in [0.1, 0.15) is 45.1 Å². The molecule has 3 heteroatoms. The number of hydrogen-bond donors (Lipinski definition) is 1. The van der Waals surface area contributed by atoms with Crippen molar-refractivity contribution in [3.8, 4) is 0 Å². The van der Waals surface area contributed by atoms with Crippen LogP contribution in [0, 0.1) is 6.92 Å². The summed E-state index contributed by atoms with van der Waals surface area (Å²) in [4.78, 5) is 13.0. The number of anilines is 1. The number of nitrogens with zero attached hydrogens (tertiary/aromatic N) is 1. The van der Waals surface area contributed by atoms with Crippen molar-refractivity contribution in [3.05, 3.63) is 29.8 Å². The van der Waals surface area contributed by atoms with Gasteiger partial charge in [0.2, 0.25) is 0 Å². The third-order valence-electron chi connectivity index (χ3n) is 3.43. The number of unbranched alkanes of at least 4 members (excludes halogenated alkanes) is 2. The SMILES string of the molecule is CCCCCC(C)N(CC(=O)O)c1ccc(C)cc1. The summed E-state index contributed by atoms with van der Waals surface area (Å²) >= 11 is 0. The molecule has 0 heterocycles. The zero-order chi connectivity index (χ0) is 14.3. The van der Waals surface area contributed by atoms with Crippen LogP contribution in [0.3, 0.4) is 0 Å². The van der Waals surface area contributed by atoms with Gasteiger partial charge in [-0.3, -0.25) is 4.79 Å². The minimum atomic E-state index is -0.775. The molecular weight excluding hydrogens is 238 g/mol. The molecule has 0 amide bonds. The molecule has 0 aliphatic carbocycles. The van der Waals surface area contributed by atoms with E-state index >= 15 is 0 Å². The summed E-state index contributed by atoms with van der Waals surface area (Å²) < 4.78 is 0. The normalized spacial score (nSPS) is 12.2. The Morgan fingerprint density at radius 3 is 2.42 bits per heavy atom. The summed E-state index contributed by atoms with van der Waals surface area (Å²) in [6.45, 7) is 6.39. The lowest BCUT2D eigenvalue weighted by molar-refractivity contribution is -0.135.